The van der Waals surface area contributed by atoms with Crippen molar-refractivity contribution in [1.82, 2.24) is 9.21 Å². The van der Waals surface area contributed by atoms with Crippen LogP contribution in [0.15, 0.2) is 29.2 Å². The Morgan fingerprint density at radius 1 is 1.28 bits per heavy atom. The zero-order chi connectivity index (χ0) is 18.6. The molecule has 1 atom stereocenters. The summed E-state index contributed by atoms with van der Waals surface area (Å²) in [5.74, 6) is -0.0555. The van der Waals surface area contributed by atoms with Crippen molar-refractivity contribution >= 4 is 21.6 Å². The Kier molecular flexibility index (Phi) is 6.09. The number of carbonyl (C=O) groups excluding carboxylic acids is 1. The van der Waals surface area contributed by atoms with Gasteiger partial charge in [-0.25, -0.2) is 8.42 Å². The molecule has 1 heterocycles. The predicted molar refractivity (Wildman–Crippen MR) is 91.3 cm³/mol. The van der Waals surface area contributed by atoms with Crippen LogP contribution in [0.3, 0.4) is 0 Å². The molecule has 2 rings (SSSR count). The van der Waals surface area contributed by atoms with Crippen molar-refractivity contribution in [2.45, 2.75) is 30.7 Å². The van der Waals surface area contributed by atoms with Crippen LogP contribution < -0.4 is 5.73 Å². The zero-order valence-electron chi connectivity index (χ0n) is 14.0. The second kappa shape index (κ2) is 7.89. The van der Waals surface area contributed by atoms with Crippen molar-refractivity contribution < 1.29 is 18.1 Å². The van der Waals surface area contributed by atoms with Crippen LogP contribution in [0.1, 0.15) is 19.8 Å². The summed E-state index contributed by atoms with van der Waals surface area (Å²) >= 11 is 0. The summed E-state index contributed by atoms with van der Waals surface area (Å²) in [6, 6.07) is 5.21. The summed E-state index contributed by atoms with van der Waals surface area (Å²) in [5.41, 5.74) is 5.19. The third-order valence-corrected chi connectivity index (χ3v) is 6.03. The van der Waals surface area contributed by atoms with Gasteiger partial charge < -0.3 is 10.6 Å². The van der Waals surface area contributed by atoms with Crippen molar-refractivity contribution in [3.05, 3.63) is 34.4 Å². The minimum atomic E-state index is -3.98. The summed E-state index contributed by atoms with van der Waals surface area (Å²) in [4.78, 5) is 23.7. The van der Waals surface area contributed by atoms with E-state index in [2.05, 4.69) is 0 Å². The van der Waals surface area contributed by atoms with Gasteiger partial charge in [-0.3, -0.25) is 14.9 Å². The first-order chi connectivity index (χ1) is 11.7. The number of sulfonamides is 1. The summed E-state index contributed by atoms with van der Waals surface area (Å²) in [5, 5.41) is 11.1. The highest BCUT2D eigenvalue weighted by atomic mass is 32.2. The van der Waals surface area contributed by atoms with E-state index < -0.39 is 20.6 Å². The van der Waals surface area contributed by atoms with Crippen LogP contribution >= 0.6 is 0 Å². The highest BCUT2D eigenvalue weighted by Crippen LogP contribution is 2.26. The summed E-state index contributed by atoms with van der Waals surface area (Å²) in [6.45, 7) is 2.57. The number of hydrogen-bond acceptors (Lipinski definition) is 6. The van der Waals surface area contributed by atoms with Crippen LogP contribution in [0.2, 0.25) is 0 Å². The molecule has 10 heteroatoms. The second-order valence-corrected chi connectivity index (χ2v) is 7.93. The minimum Gasteiger partial charge on any atom is -0.340 e. The average molecular weight is 370 g/mol. The Bertz CT molecular complexity index is 742. The minimum absolute atomic E-state index is 0.0555. The van der Waals surface area contributed by atoms with Gasteiger partial charge in [0.25, 0.3) is 5.69 Å². The fraction of sp³-hybridized carbons (Fsp3) is 0.533. The maximum absolute atomic E-state index is 12.7. The molecule has 0 spiro atoms. The average Bonchev–Trinajstić information content (AvgIpc) is 2.59. The predicted octanol–water partition coefficient (Wildman–Crippen LogP) is 0.555. The molecule has 1 amide bonds. The van der Waals surface area contributed by atoms with E-state index in [1.165, 1.54) is 28.6 Å². The van der Waals surface area contributed by atoms with E-state index >= 15 is 0 Å². The lowest BCUT2D eigenvalue weighted by molar-refractivity contribution is -0.387. The van der Waals surface area contributed by atoms with E-state index in [0.717, 1.165) is 0 Å². The van der Waals surface area contributed by atoms with Gasteiger partial charge in [0, 0.05) is 44.7 Å². The third-order valence-electron chi connectivity index (χ3n) is 4.08. The summed E-state index contributed by atoms with van der Waals surface area (Å²) in [6.07, 6.45) is 0.905. The first-order valence-corrected chi connectivity index (χ1v) is 9.44. The van der Waals surface area contributed by atoms with E-state index in [4.69, 9.17) is 5.73 Å². The Labute approximate surface area is 146 Å². The lowest BCUT2D eigenvalue weighted by Crippen LogP contribution is -2.50. The quantitative estimate of drug-likeness (QED) is 0.576. The molecule has 1 fully saturated rings. The van der Waals surface area contributed by atoms with Crippen molar-refractivity contribution in [1.29, 1.82) is 0 Å². The molecule has 138 valence electrons. The van der Waals surface area contributed by atoms with Gasteiger partial charge in [-0.15, -0.1) is 0 Å². The number of nitrogens with two attached hydrogens (primary N) is 1. The summed E-state index contributed by atoms with van der Waals surface area (Å²) < 4.78 is 26.6. The van der Waals surface area contributed by atoms with E-state index in [-0.39, 0.29) is 43.0 Å². The molecule has 9 nitrogen and oxygen atoms in total. The third kappa shape index (κ3) is 4.53. The number of rotatable bonds is 6. The number of nitro benzene ring substituents is 1. The molecule has 1 saturated heterocycles. The number of nitrogens with zero attached hydrogens (tertiary/aromatic N) is 3. The van der Waals surface area contributed by atoms with E-state index in [1.807, 2.05) is 6.92 Å². The number of hydrogen-bond donors (Lipinski definition) is 1. The number of benzene rings is 1. The van der Waals surface area contributed by atoms with Crippen LogP contribution in [0.5, 0.6) is 0 Å². The molecule has 0 saturated carbocycles. The van der Waals surface area contributed by atoms with Crippen LogP contribution in [-0.2, 0) is 14.8 Å². The first-order valence-electron chi connectivity index (χ1n) is 8.00. The summed E-state index contributed by atoms with van der Waals surface area (Å²) in [7, 11) is -3.98. The topological polar surface area (TPSA) is 127 Å². The molecule has 1 unspecified atom stereocenters. The van der Waals surface area contributed by atoms with Crippen molar-refractivity contribution in [2.24, 2.45) is 5.73 Å². The molecular weight excluding hydrogens is 348 g/mol. The number of amides is 1. The largest absolute Gasteiger partial charge is 0.340 e. The van der Waals surface area contributed by atoms with Gasteiger partial charge in [0.1, 0.15) is 0 Å². The highest BCUT2D eigenvalue weighted by Gasteiger charge is 2.34. The van der Waals surface area contributed by atoms with E-state index in [0.29, 0.717) is 12.8 Å². The monoisotopic (exact) mass is 370 g/mol. The molecular formula is C15H22N4O5S. The van der Waals surface area contributed by atoms with Crippen molar-refractivity contribution in [3.8, 4) is 0 Å². The van der Waals surface area contributed by atoms with Crippen LogP contribution in [0, 0.1) is 10.1 Å². The van der Waals surface area contributed by atoms with E-state index in [1.54, 1.807) is 4.90 Å². The van der Waals surface area contributed by atoms with Gasteiger partial charge in [0.05, 0.1) is 4.92 Å². The molecule has 1 aliphatic rings. The van der Waals surface area contributed by atoms with Gasteiger partial charge in [-0.1, -0.05) is 12.1 Å². The number of nitro groups is 1. The zero-order valence-corrected chi connectivity index (χ0v) is 14.8. The van der Waals surface area contributed by atoms with Gasteiger partial charge >= 0.3 is 0 Å². The smallest absolute Gasteiger partial charge is 0.289 e. The van der Waals surface area contributed by atoms with Crippen LogP contribution in [0.25, 0.3) is 0 Å². The molecule has 1 aromatic carbocycles. The van der Waals surface area contributed by atoms with Gasteiger partial charge in [-0.05, 0) is 19.4 Å². The van der Waals surface area contributed by atoms with E-state index in [9.17, 15) is 23.3 Å². The number of para-hydroxylation sites is 1. The second-order valence-electron chi connectivity index (χ2n) is 6.03. The fourth-order valence-corrected chi connectivity index (χ4v) is 4.23. The van der Waals surface area contributed by atoms with Crippen molar-refractivity contribution in [3.63, 3.8) is 0 Å². The Morgan fingerprint density at radius 2 is 1.88 bits per heavy atom. The fourth-order valence-electron chi connectivity index (χ4n) is 2.65. The molecule has 0 radical (unpaired) electrons. The molecule has 0 bridgehead atoms. The number of piperazine rings is 1. The molecule has 0 aromatic heterocycles. The van der Waals surface area contributed by atoms with Crippen LogP contribution in [0.4, 0.5) is 5.69 Å². The van der Waals surface area contributed by atoms with Crippen molar-refractivity contribution in [2.75, 3.05) is 26.2 Å². The van der Waals surface area contributed by atoms with Gasteiger partial charge in [0.2, 0.25) is 15.9 Å². The highest BCUT2D eigenvalue weighted by molar-refractivity contribution is 7.89. The first kappa shape index (κ1) is 19.3. The molecule has 25 heavy (non-hydrogen) atoms. The maximum atomic E-state index is 12.7. The Morgan fingerprint density at radius 3 is 2.44 bits per heavy atom. The lowest BCUT2D eigenvalue weighted by atomic mass is 10.2. The Hall–Kier alpha value is -2.04. The lowest BCUT2D eigenvalue weighted by Gasteiger charge is -2.34. The molecule has 1 aromatic rings. The van der Waals surface area contributed by atoms with Gasteiger partial charge in [0.15, 0.2) is 4.90 Å². The molecule has 1 aliphatic heterocycles. The standard InChI is InChI=1S/C15H22N4O5S/c1-12(16)6-7-15(20)17-8-10-18(11-9-17)25(23,24)14-5-3-2-4-13(14)19(21)22/h2-5,12H,6-11,16H2,1H3. The Balaban J connectivity index is 2.07. The molecule has 2 N–H and O–H groups in total. The van der Waals surface area contributed by atoms with Crippen LogP contribution in [-0.4, -0.2) is 60.7 Å². The SMILES string of the molecule is CC(N)CCC(=O)N1CCN(S(=O)(=O)c2ccccc2[N+](=O)[O-])CC1. The molecule has 0 aliphatic carbocycles. The maximum Gasteiger partial charge on any atom is 0.289 e. The normalized spacial score (nSPS) is 17.3. The number of carbonyl (C=O) groups is 1. The van der Waals surface area contributed by atoms with Gasteiger partial charge in [-0.2, -0.15) is 4.31 Å².